The van der Waals surface area contributed by atoms with E-state index >= 15 is 0 Å². The van der Waals surface area contributed by atoms with Crippen molar-refractivity contribution in [3.05, 3.63) is 29.6 Å². The van der Waals surface area contributed by atoms with E-state index in [4.69, 9.17) is 5.73 Å². The summed E-state index contributed by atoms with van der Waals surface area (Å²) < 4.78 is 13.0. The minimum Gasteiger partial charge on any atom is -0.398 e. The number of nitrogen functional groups attached to an aromatic ring is 1. The van der Waals surface area contributed by atoms with Gasteiger partial charge >= 0.3 is 0 Å². The van der Waals surface area contributed by atoms with Crippen LogP contribution in [0.25, 0.3) is 0 Å². The molecule has 1 aliphatic carbocycles. The number of rotatable bonds is 2. The quantitative estimate of drug-likeness (QED) is 0.611. The predicted octanol–water partition coefficient (Wildman–Crippen LogP) is 3.41. The van der Waals surface area contributed by atoms with Gasteiger partial charge in [-0.3, -0.25) is 0 Å². The van der Waals surface area contributed by atoms with Crippen LogP contribution < -0.4 is 5.73 Å². The third-order valence-corrected chi connectivity index (χ3v) is 3.71. The van der Waals surface area contributed by atoms with Crippen LogP contribution in [0.3, 0.4) is 0 Å². The average Bonchev–Trinajstić information content (AvgIpc) is 2.56. The molecular formula is C14H20FNO. The van der Waals surface area contributed by atoms with Crippen molar-refractivity contribution in [3.63, 3.8) is 0 Å². The lowest BCUT2D eigenvalue weighted by Crippen LogP contribution is -2.13. The fourth-order valence-corrected chi connectivity index (χ4v) is 2.70. The fourth-order valence-electron chi connectivity index (χ4n) is 2.70. The van der Waals surface area contributed by atoms with Crippen LogP contribution in [0.2, 0.25) is 0 Å². The van der Waals surface area contributed by atoms with Crippen molar-refractivity contribution in [2.24, 2.45) is 5.92 Å². The first kappa shape index (κ1) is 12.4. The summed E-state index contributed by atoms with van der Waals surface area (Å²) in [5.41, 5.74) is 6.81. The van der Waals surface area contributed by atoms with E-state index in [9.17, 15) is 9.50 Å². The highest BCUT2D eigenvalue weighted by Gasteiger charge is 2.23. The lowest BCUT2D eigenvalue weighted by molar-refractivity contribution is 0.0994. The molecule has 0 spiro atoms. The van der Waals surface area contributed by atoms with E-state index in [1.807, 2.05) is 0 Å². The summed E-state index contributed by atoms with van der Waals surface area (Å²) in [7, 11) is 0. The number of halogens is 1. The molecule has 2 rings (SSSR count). The maximum absolute atomic E-state index is 13.0. The zero-order chi connectivity index (χ0) is 12.3. The van der Waals surface area contributed by atoms with Gasteiger partial charge < -0.3 is 10.8 Å². The summed E-state index contributed by atoms with van der Waals surface area (Å²) in [5, 5.41) is 10.3. The minimum absolute atomic E-state index is 0.269. The monoisotopic (exact) mass is 237 g/mol. The largest absolute Gasteiger partial charge is 0.398 e. The van der Waals surface area contributed by atoms with Gasteiger partial charge in [-0.15, -0.1) is 0 Å². The van der Waals surface area contributed by atoms with Crippen molar-refractivity contribution in [2.45, 2.75) is 44.6 Å². The molecule has 3 heteroatoms. The molecule has 0 bridgehead atoms. The third-order valence-electron chi connectivity index (χ3n) is 3.71. The molecule has 0 amide bonds. The number of hydrogen-bond acceptors (Lipinski definition) is 2. The van der Waals surface area contributed by atoms with Crippen LogP contribution >= 0.6 is 0 Å². The summed E-state index contributed by atoms with van der Waals surface area (Å²) in [4.78, 5) is 0. The maximum Gasteiger partial charge on any atom is 0.125 e. The Labute approximate surface area is 102 Å². The zero-order valence-electron chi connectivity index (χ0n) is 10.0. The first-order chi connectivity index (χ1) is 8.18. The molecule has 0 aliphatic heterocycles. The van der Waals surface area contributed by atoms with Gasteiger partial charge in [-0.1, -0.05) is 31.7 Å². The molecule has 0 radical (unpaired) electrons. The molecule has 1 aliphatic rings. The fraction of sp³-hybridized carbons (Fsp3) is 0.571. The van der Waals surface area contributed by atoms with E-state index in [1.54, 1.807) is 6.07 Å². The minimum atomic E-state index is -0.548. The zero-order valence-corrected chi connectivity index (χ0v) is 10.0. The van der Waals surface area contributed by atoms with Crippen molar-refractivity contribution in [2.75, 3.05) is 5.73 Å². The number of aliphatic hydroxyl groups excluding tert-OH is 1. The second kappa shape index (κ2) is 5.50. The molecule has 0 saturated heterocycles. The maximum atomic E-state index is 13.0. The van der Waals surface area contributed by atoms with Gasteiger partial charge in [-0.25, -0.2) is 4.39 Å². The molecule has 17 heavy (non-hydrogen) atoms. The molecule has 94 valence electrons. The molecule has 0 aromatic heterocycles. The van der Waals surface area contributed by atoms with Crippen molar-refractivity contribution < 1.29 is 9.50 Å². The van der Waals surface area contributed by atoms with Crippen LogP contribution in [0.15, 0.2) is 18.2 Å². The SMILES string of the molecule is Nc1cc(F)ccc1C(O)C1CCCCCC1. The first-order valence-electron chi connectivity index (χ1n) is 6.41. The highest BCUT2D eigenvalue weighted by molar-refractivity contribution is 5.48. The average molecular weight is 237 g/mol. The van der Waals surface area contributed by atoms with Gasteiger partial charge in [0.25, 0.3) is 0 Å². The second-order valence-corrected chi connectivity index (χ2v) is 4.97. The van der Waals surface area contributed by atoms with Gasteiger partial charge in [0.1, 0.15) is 5.82 Å². The Hall–Kier alpha value is -1.09. The first-order valence-corrected chi connectivity index (χ1v) is 6.41. The molecule has 1 aromatic carbocycles. The van der Waals surface area contributed by atoms with Crippen LogP contribution in [0.4, 0.5) is 10.1 Å². The highest BCUT2D eigenvalue weighted by Crippen LogP contribution is 2.35. The normalized spacial score (nSPS) is 19.9. The molecule has 3 N–H and O–H groups in total. The Balaban J connectivity index is 2.14. The van der Waals surface area contributed by atoms with Crippen molar-refractivity contribution in [1.82, 2.24) is 0 Å². The summed E-state index contributed by atoms with van der Waals surface area (Å²) in [5.74, 6) is -0.0791. The summed E-state index contributed by atoms with van der Waals surface area (Å²) in [6.07, 6.45) is 6.37. The highest BCUT2D eigenvalue weighted by atomic mass is 19.1. The van der Waals surface area contributed by atoms with E-state index in [0.29, 0.717) is 11.3 Å². The van der Waals surface area contributed by atoms with Crippen molar-refractivity contribution >= 4 is 5.69 Å². The number of hydrogen-bond donors (Lipinski definition) is 2. The Morgan fingerprint density at radius 1 is 1.18 bits per heavy atom. The van der Waals surface area contributed by atoms with Crippen LogP contribution in [0, 0.1) is 11.7 Å². The Bertz CT molecular complexity index is 372. The van der Waals surface area contributed by atoms with E-state index in [0.717, 1.165) is 12.8 Å². The molecule has 0 heterocycles. The van der Waals surface area contributed by atoms with E-state index < -0.39 is 6.10 Å². The summed E-state index contributed by atoms with van der Waals surface area (Å²) in [6.45, 7) is 0. The summed E-state index contributed by atoms with van der Waals surface area (Å²) in [6, 6.07) is 4.26. The van der Waals surface area contributed by atoms with Gasteiger partial charge in [0, 0.05) is 11.3 Å². The molecule has 1 atom stereocenters. The van der Waals surface area contributed by atoms with Crippen molar-refractivity contribution in [3.8, 4) is 0 Å². The van der Waals surface area contributed by atoms with Gasteiger partial charge in [0.05, 0.1) is 6.10 Å². The van der Waals surface area contributed by atoms with Crippen LogP contribution in [-0.4, -0.2) is 5.11 Å². The molecule has 2 nitrogen and oxygen atoms in total. The Kier molecular flexibility index (Phi) is 4.00. The Morgan fingerprint density at radius 3 is 2.41 bits per heavy atom. The standard InChI is InChI=1S/C14H20FNO/c15-11-7-8-12(13(16)9-11)14(17)10-5-3-1-2-4-6-10/h7-10,14,17H,1-6,16H2. The topological polar surface area (TPSA) is 46.2 Å². The molecule has 1 aromatic rings. The number of benzene rings is 1. The predicted molar refractivity (Wildman–Crippen MR) is 67.0 cm³/mol. The number of nitrogens with two attached hydrogens (primary N) is 1. The Morgan fingerprint density at radius 2 is 1.82 bits per heavy atom. The van der Waals surface area contributed by atoms with Crippen LogP contribution in [0.5, 0.6) is 0 Å². The van der Waals surface area contributed by atoms with Gasteiger partial charge in [-0.05, 0) is 30.9 Å². The van der Waals surface area contributed by atoms with E-state index in [-0.39, 0.29) is 11.7 Å². The lowest BCUT2D eigenvalue weighted by Gasteiger charge is -2.22. The molecular weight excluding hydrogens is 217 g/mol. The van der Waals surface area contributed by atoms with Crippen molar-refractivity contribution in [1.29, 1.82) is 0 Å². The van der Waals surface area contributed by atoms with Gasteiger partial charge in [0.15, 0.2) is 0 Å². The van der Waals surface area contributed by atoms with Crippen LogP contribution in [0.1, 0.15) is 50.2 Å². The van der Waals surface area contributed by atoms with Crippen LogP contribution in [-0.2, 0) is 0 Å². The number of anilines is 1. The van der Waals surface area contributed by atoms with Gasteiger partial charge in [-0.2, -0.15) is 0 Å². The van der Waals surface area contributed by atoms with E-state index in [2.05, 4.69) is 0 Å². The third kappa shape index (κ3) is 2.97. The van der Waals surface area contributed by atoms with Gasteiger partial charge in [0.2, 0.25) is 0 Å². The smallest absolute Gasteiger partial charge is 0.125 e. The molecule has 1 saturated carbocycles. The number of aliphatic hydroxyl groups is 1. The lowest BCUT2D eigenvalue weighted by atomic mass is 9.89. The summed E-state index contributed by atoms with van der Waals surface area (Å²) >= 11 is 0. The van der Waals surface area contributed by atoms with E-state index in [1.165, 1.54) is 37.8 Å². The molecule has 1 fully saturated rings. The second-order valence-electron chi connectivity index (χ2n) is 4.97. The molecule has 1 unspecified atom stereocenters.